The maximum atomic E-state index is 12.7. The van der Waals surface area contributed by atoms with Crippen LogP contribution in [0, 0.1) is 5.82 Å². The Balaban J connectivity index is 2.07. The molecule has 0 atom stereocenters. The first-order valence-electron chi connectivity index (χ1n) is 7.47. The van der Waals surface area contributed by atoms with Crippen molar-refractivity contribution in [3.8, 4) is 0 Å². The van der Waals surface area contributed by atoms with E-state index in [1.54, 1.807) is 12.1 Å². The second-order valence-electron chi connectivity index (χ2n) is 4.79. The molecule has 5 heteroatoms. The van der Waals surface area contributed by atoms with Crippen LogP contribution >= 0.6 is 0 Å². The van der Waals surface area contributed by atoms with Gasteiger partial charge in [-0.15, -0.1) is 0 Å². The molecule has 0 fully saturated rings. The Morgan fingerprint density at radius 2 is 1.86 bits per heavy atom. The fourth-order valence-electron chi connectivity index (χ4n) is 1.95. The number of nitrogens with one attached hydrogen (secondary N) is 1. The Morgan fingerprint density at radius 3 is 2.48 bits per heavy atom. The molecule has 0 aliphatic heterocycles. The van der Waals surface area contributed by atoms with Crippen LogP contribution in [0.15, 0.2) is 24.3 Å². The smallest absolute Gasteiger partial charge is 0.224 e. The highest BCUT2D eigenvalue weighted by Crippen LogP contribution is 2.03. The Bertz CT molecular complexity index is 405. The third-order valence-electron chi connectivity index (χ3n) is 3.29. The van der Waals surface area contributed by atoms with Gasteiger partial charge in [-0.1, -0.05) is 26.0 Å². The van der Waals surface area contributed by atoms with E-state index in [9.17, 15) is 9.18 Å². The van der Waals surface area contributed by atoms with Crippen molar-refractivity contribution in [2.24, 2.45) is 0 Å². The molecule has 0 unspecified atom stereocenters. The molecule has 0 saturated heterocycles. The molecule has 1 N–H and O–H groups in total. The van der Waals surface area contributed by atoms with Crippen LogP contribution in [0.2, 0.25) is 0 Å². The van der Waals surface area contributed by atoms with Crippen LogP contribution in [0.4, 0.5) is 4.39 Å². The summed E-state index contributed by atoms with van der Waals surface area (Å²) in [5, 5.41) is 2.79. The van der Waals surface area contributed by atoms with Gasteiger partial charge in [0.25, 0.3) is 0 Å². The summed E-state index contributed by atoms with van der Waals surface area (Å²) in [6.07, 6.45) is 0.264. The molecule has 21 heavy (non-hydrogen) atoms. The Kier molecular flexibility index (Phi) is 8.62. The highest BCUT2D eigenvalue weighted by Gasteiger charge is 2.03. The SMILES string of the molecule is CCN(CC)CCOCCNC(=O)Cc1ccc(F)cc1. The van der Waals surface area contributed by atoms with Crippen LogP contribution < -0.4 is 5.32 Å². The molecule has 4 nitrogen and oxygen atoms in total. The quantitative estimate of drug-likeness (QED) is 0.670. The van der Waals surface area contributed by atoms with Crippen LogP contribution in [0.1, 0.15) is 19.4 Å². The van der Waals surface area contributed by atoms with Crippen molar-refractivity contribution in [2.45, 2.75) is 20.3 Å². The summed E-state index contributed by atoms with van der Waals surface area (Å²) < 4.78 is 18.2. The number of ether oxygens (including phenoxy) is 1. The number of amides is 1. The van der Waals surface area contributed by atoms with Gasteiger partial charge in [0.2, 0.25) is 5.91 Å². The fourth-order valence-corrected chi connectivity index (χ4v) is 1.95. The van der Waals surface area contributed by atoms with Crippen molar-refractivity contribution >= 4 is 5.91 Å². The molecule has 1 aromatic carbocycles. The average molecular weight is 296 g/mol. The summed E-state index contributed by atoms with van der Waals surface area (Å²) in [6, 6.07) is 5.96. The Hall–Kier alpha value is -1.46. The molecule has 0 aliphatic rings. The van der Waals surface area contributed by atoms with Crippen LogP contribution in [-0.2, 0) is 16.0 Å². The van der Waals surface area contributed by atoms with Gasteiger partial charge in [0.1, 0.15) is 5.82 Å². The van der Waals surface area contributed by atoms with Gasteiger partial charge < -0.3 is 15.0 Å². The largest absolute Gasteiger partial charge is 0.378 e. The summed E-state index contributed by atoms with van der Waals surface area (Å²) >= 11 is 0. The summed E-state index contributed by atoms with van der Waals surface area (Å²) in [4.78, 5) is 13.9. The molecule has 0 bridgehead atoms. The molecule has 1 amide bonds. The number of rotatable bonds is 10. The van der Waals surface area contributed by atoms with Crippen molar-refractivity contribution in [1.82, 2.24) is 10.2 Å². The number of halogens is 1. The maximum absolute atomic E-state index is 12.7. The minimum atomic E-state index is -0.291. The van der Waals surface area contributed by atoms with Crippen LogP contribution in [0.3, 0.4) is 0 Å². The Morgan fingerprint density at radius 1 is 1.19 bits per heavy atom. The molecule has 1 aromatic rings. The van der Waals surface area contributed by atoms with E-state index in [0.717, 1.165) is 25.2 Å². The number of benzene rings is 1. The summed E-state index contributed by atoms with van der Waals surface area (Å²) in [6.45, 7) is 8.89. The molecule has 118 valence electrons. The molecule has 0 radical (unpaired) electrons. The highest BCUT2D eigenvalue weighted by molar-refractivity contribution is 5.78. The number of likely N-dealkylation sites (N-methyl/N-ethyl adjacent to an activating group) is 1. The van der Waals surface area contributed by atoms with Gasteiger partial charge in [-0.25, -0.2) is 4.39 Å². The van der Waals surface area contributed by atoms with Crippen LogP contribution in [0.25, 0.3) is 0 Å². The van der Waals surface area contributed by atoms with Crippen molar-refractivity contribution < 1.29 is 13.9 Å². The van der Waals surface area contributed by atoms with Crippen molar-refractivity contribution in [3.63, 3.8) is 0 Å². The van der Waals surface area contributed by atoms with Crippen LogP contribution in [-0.4, -0.2) is 50.2 Å². The monoisotopic (exact) mass is 296 g/mol. The maximum Gasteiger partial charge on any atom is 0.224 e. The van der Waals surface area contributed by atoms with Crippen LogP contribution in [0.5, 0.6) is 0 Å². The van der Waals surface area contributed by atoms with Gasteiger partial charge in [-0.05, 0) is 30.8 Å². The zero-order valence-electron chi connectivity index (χ0n) is 12.9. The predicted octanol–water partition coefficient (Wildman–Crippen LogP) is 1.84. The second-order valence-corrected chi connectivity index (χ2v) is 4.79. The van der Waals surface area contributed by atoms with Gasteiger partial charge >= 0.3 is 0 Å². The molecular formula is C16H25FN2O2. The standard InChI is InChI=1S/C16H25FN2O2/c1-3-19(4-2)10-12-21-11-9-18-16(20)13-14-5-7-15(17)8-6-14/h5-8H,3-4,9-13H2,1-2H3,(H,18,20). The lowest BCUT2D eigenvalue weighted by atomic mass is 10.1. The molecule has 1 rings (SSSR count). The number of carbonyl (C=O) groups is 1. The molecule has 0 aromatic heterocycles. The number of hydrogen-bond acceptors (Lipinski definition) is 3. The molecular weight excluding hydrogens is 271 g/mol. The first-order valence-corrected chi connectivity index (χ1v) is 7.47. The average Bonchev–Trinajstić information content (AvgIpc) is 2.49. The second kappa shape index (κ2) is 10.3. The lowest BCUT2D eigenvalue weighted by molar-refractivity contribution is -0.120. The van der Waals surface area contributed by atoms with Crippen molar-refractivity contribution in [2.75, 3.05) is 39.4 Å². The molecule has 0 spiro atoms. The van der Waals surface area contributed by atoms with Crippen molar-refractivity contribution in [1.29, 1.82) is 0 Å². The zero-order valence-corrected chi connectivity index (χ0v) is 12.9. The van der Waals surface area contributed by atoms with E-state index in [4.69, 9.17) is 4.74 Å². The normalized spacial score (nSPS) is 10.9. The molecule has 0 heterocycles. The van der Waals surface area contributed by atoms with E-state index in [0.29, 0.717) is 19.8 Å². The van der Waals surface area contributed by atoms with E-state index < -0.39 is 0 Å². The summed E-state index contributed by atoms with van der Waals surface area (Å²) in [5.74, 6) is -0.366. The predicted molar refractivity (Wildman–Crippen MR) is 81.7 cm³/mol. The Labute approximate surface area is 126 Å². The third-order valence-corrected chi connectivity index (χ3v) is 3.29. The van der Waals surface area contributed by atoms with Crippen molar-refractivity contribution in [3.05, 3.63) is 35.6 Å². The van der Waals surface area contributed by atoms with Gasteiger partial charge in [0.15, 0.2) is 0 Å². The minimum absolute atomic E-state index is 0.0750. The number of nitrogens with zero attached hydrogens (tertiary/aromatic N) is 1. The lowest BCUT2D eigenvalue weighted by Crippen LogP contribution is -2.30. The highest BCUT2D eigenvalue weighted by atomic mass is 19.1. The first kappa shape index (κ1) is 17.6. The number of carbonyl (C=O) groups excluding carboxylic acids is 1. The topological polar surface area (TPSA) is 41.6 Å². The van der Waals surface area contributed by atoms with E-state index >= 15 is 0 Å². The molecule has 0 saturated carbocycles. The number of hydrogen-bond donors (Lipinski definition) is 1. The lowest BCUT2D eigenvalue weighted by Gasteiger charge is -2.17. The minimum Gasteiger partial charge on any atom is -0.378 e. The third kappa shape index (κ3) is 7.78. The van der Waals surface area contributed by atoms with Gasteiger partial charge in [0.05, 0.1) is 19.6 Å². The molecule has 0 aliphatic carbocycles. The summed E-state index contributed by atoms with van der Waals surface area (Å²) in [5.41, 5.74) is 0.802. The summed E-state index contributed by atoms with van der Waals surface area (Å²) in [7, 11) is 0. The zero-order chi connectivity index (χ0) is 15.5. The fraction of sp³-hybridized carbons (Fsp3) is 0.562. The van der Waals surface area contributed by atoms with Gasteiger partial charge in [0, 0.05) is 13.1 Å². The van der Waals surface area contributed by atoms with E-state index in [2.05, 4.69) is 24.1 Å². The van der Waals surface area contributed by atoms with E-state index in [-0.39, 0.29) is 18.1 Å². The van der Waals surface area contributed by atoms with Gasteiger partial charge in [-0.2, -0.15) is 0 Å². The van der Waals surface area contributed by atoms with E-state index in [1.165, 1.54) is 12.1 Å². The van der Waals surface area contributed by atoms with E-state index in [1.807, 2.05) is 0 Å². The van der Waals surface area contributed by atoms with Gasteiger partial charge in [-0.3, -0.25) is 4.79 Å². The first-order chi connectivity index (χ1) is 10.2.